The summed E-state index contributed by atoms with van der Waals surface area (Å²) in [6.07, 6.45) is 6.75. The van der Waals surface area contributed by atoms with E-state index in [1.807, 2.05) is 0 Å². The van der Waals surface area contributed by atoms with E-state index in [2.05, 4.69) is 54.5 Å². The van der Waals surface area contributed by atoms with Crippen molar-refractivity contribution in [2.45, 2.75) is 45.1 Å². The quantitative estimate of drug-likeness (QED) is 0.820. The Balaban J connectivity index is 1.76. The van der Waals surface area contributed by atoms with Gasteiger partial charge in [-0.3, -0.25) is 0 Å². The van der Waals surface area contributed by atoms with E-state index in [1.54, 1.807) is 0 Å². The Morgan fingerprint density at radius 2 is 1.90 bits per heavy atom. The molecule has 0 radical (unpaired) electrons. The van der Waals surface area contributed by atoms with Crippen molar-refractivity contribution in [1.29, 1.82) is 0 Å². The Morgan fingerprint density at radius 3 is 2.65 bits per heavy atom. The van der Waals surface area contributed by atoms with Crippen LogP contribution in [0.15, 0.2) is 30.3 Å². The van der Waals surface area contributed by atoms with Crippen LogP contribution in [0.3, 0.4) is 0 Å². The van der Waals surface area contributed by atoms with E-state index in [-0.39, 0.29) is 0 Å². The molecule has 1 aliphatic rings. The molecule has 20 heavy (non-hydrogen) atoms. The average Bonchev–Trinajstić information content (AvgIpc) is 2.49. The molecule has 2 rings (SSSR count). The lowest BCUT2D eigenvalue weighted by Crippen LogP contribution is -2.43. The zero-order valence-corrected chi connectivity index (χ0v) is 13.1. The summed E-state index contributed by atoms with van der Waals surface area (Å²) in [4.78, 5) is 2.52. The maximum atomic E-state index is 3.69. The summed E-state index contributed by atoms with van der Waals surface area (Å²) >= 11 is 0. The van der Waals surface area contributed by atoms with Crippen LogP contribution in [-0.2, 0) is 6.42 Å². The van der Waals surface area contributed by atoms with Gasteiger partial charge in [-0.1, -0.05) is 50.1 Å². The van der Waals surface area contributed by atoms with Gasteiger partial charge in [0.05, 0.1) is 0 Å². The van der Waals surface area contributed by atoms with Crippen LogP contribution in [0.4, 0.5) is 0 Å². The third kappa shape index (κ3) is 4.92. The molecule has 1 saturated carbocycles. The first kappa shape index (κ1) is 15.5. The summed E-state index contributed by atoms with van der Waals surface area (Å²) in [5, 5.41) is 3.69. The number of benzene rings is 1. The van der Waals surface area contributed by atoms with Gasteiger partial charge in [-0.15, -0.1) is 0 Å². The molecular formula is C18H30N2. The largest absolute Gasteiger partial charge is 0.314 e. The van der Waals surface area contributed by atoms with Gasteiger partial charge in [0.25, 0.3) is 0 Å². The fourth-order valence-electron chi connectivity index (χ4n) is 3.41. The van der Waals surface area contributed by atoms with Crippen LogP contribution in [-0.4, -0.2) is 37.6 Å². The summed E-state index contributed by atoms with van der Waals surface area (Å²) in [7, 11) is 2.28. The molecule has 0 bridgehead atoms. The minimum absolute atomic E-state index is 0.743. The van der Waals surface area contributed by atoms with Gasteiger partial charge in [0.15, 0.2) is 0 Å². The zero-order chi connectivity index (χ0) is 14.2. The van der Waals surface area contributed by atoms with Crippen molar-refractivity contribution in [3.8, 4) is 0 Å². The van der Waals surface area contributed by atoms with Gasteiger partial charge < -0.3 is 10.2 Å². The van der Waals surface area contributed by atoms with Gasteiger partial charge in [0.1, 0.15) is 0 Å². The average molecular weight is 274 g/mol. The lowest BCUT2D eigenvalue weighted by molar-refractivity contribution is 0.192. The SMILES string of the molecule is CCNC1CCCCC1CN(C)CCc1ccccc1. The van der Waals surface area contributed by atoms with E-state index < -0.39 is 0 Å². The molecular weight excluding hydrogens is 244 g/mol. The molecule has 0 heterocycles. The molecule has 112 valence electrons. The van der Waals surface area contributed by atoms with Crippen LogP contribution in [0, 0.1) is 5.92 Å². The predicted molar refractivity (Wildman–Crippen MR) is 87.1 cm³/mol. The minimum atomic E-state index is 0.743. The summed E-state index contributed by atoms with van der Waals surface area (Å²) in [5.41, 5.74) is 1.45. The van der Waals surface area contributed by atoms with Crippen molar-refractivity contribution in [2.24, 2.45) is 5.92 Å². The maximum Gasteiger partial charge on any atom is 0.0107 e. The van der Waals surface area contributed by atoms with Crippen LogP contribution in [0.2, 0.25) is 0 Å². The number of hydrogen-bond donors (Lipinski definition) is 1. The second-order valence-electron chi connectivity index (χ2n) is 6.21. The maximum absolute atomic E-state index is 3.69. The number of rotatable bonds is 7. The lowest BCUT2D eigenvalue weighted by atomic mass is 9.84. The molecule has 2 nitrogen and oxygen atoms in total. The van der Waals surface area contributed by atoms with Gasteiger partial charge in [-0.25, -0.2) is 0 Å². The lowest BCUT2D eigenvalue weighted by Gasteiger charge is -2.35. The normalized spacial score (nSPS) is 23.1. The van der Waals surface area contributed by atoms with Gasteiger partial charge in [-0.2, -0.15) is 0 Å². The second kappa shape index (κ2) is 8.43. The molecule has 1 aromatic carbocycles. The Labute approximate surface area is 124 Å². The van der Waals surface area contributed by atoms with E-state index in [4.69, 9.17) is 0 Å². The van der Waals surface area contributed by atoms with Crippen molar-refractivity contribution in [1.82, 2.24) is 10.2 Å². The molecule has 2 heteroatoms. The number of likely N-dealkylation sites (N-methyl/N-ethyl adjacent to an activating group) is 1. The first-order chi connectivity index (χ1) is 9.79. The molecule has 1 aromatic rings. The van der Waals surface area contributed by atoms with Gasteiger partial charge >= 0.3 is 0 Å². The van der Waals surface area contributed by atoms with E-state index in [0.29, 0.717) is 0 Å². The van der Waals surface area contributed by atoms with Crippen LogP contribution in [0.25, 0.3) is 0 Å². The van der Waals surface area contributed by atoms with E-state index >= 15 is 0 Å². The van der Waals surface area contributed by atoms with Crippen LogP contribution >= 0.6 is 0 Å². The predicted octanol–water partition coefficient (Wildman–Crippen LogP) is 3.33. The molecule has 1 fully saturated rings. The fourth-order valence-corrected chi connectivity index (χ4v) is 3.41. The van der Waals surface area contributed by atoms with Crippen molar-refractivity contribution in [3.05, 3.63) is 35.9 Å². The van der Waals surface area contributed by atoms with E-state index in [0.717, 1.165) is 24.9 Å². The molecule has 0 aliphatic heterocycles. The second-order valence-corrected chi connectivity index (χ2v) is 6.21. The first-order valence-corrected chi connectivity index (χ1v) is 8.25. The van der Waals surface area contributed by atoms with Gasteiger partial charge in [0, 0.05) is 19.1 Å². The van der Waals surface area contributed by atoms with Gasteiger partial charge in [-0.05, 0) is 44.3 Å². The summed E-state index contributed by atoms with van der Waals surface area (Å²) in [6.45, 7) is 5.74. The third-order valence-corrected chi connectivity index (χ3v) is 4.55. The molecule has 0 spiro atoms. The van der Waals surface area contributed by atoms with Gasteiger partial charge in [0.2, 0.25) is 0 Å². The molecule has 1 aliphatic carbocycles. The molecule has 2 unspecified atom stereocenters. The number of nitrogens with zero attached hydrogens (tertiary/aromatic N) is 1. The first-order valence-electron chi connectivity index (χ1n) is 8.25. The van der Waals surface area contributed by atoms with Crippen molar-refractivity contribution in [2.75, 3.05) is 26.7 Å². The van der Waals surface area contributed by atoms with Crippen molar-refractivity contribution < 1.29 is 0 Å². The Bertz CT molecular complexity index is 361. The third-order valence-electron chi connectivity index (χ3n) is 4.55. The highest BCUT2D eigenvalue weighted by atomic mass is 15.1. The van der Waals surface area contributed by atoms with Crippen molar-refractivity contribution in [3.63, 3.8) is 0 Å². The summed E-state index contributed by atoms with van der Waals surface area (Å²) in [5.74, 6) is 0.837. The Hall–Kier alpha value is -0.860. The summed E-state index contributed by atoms with van der Waals surface area (Å²) < 4.78 is 0. The highest BCUT2D eigenvalue weighted by Crippen LogP contribution is 2.25. The number of nitrogens with one attached hydrogen (secondary N) is 1. The van der Waals surface area contributed by atoms with Crippen molar-refractivity contribution >= 4 is 0 Å². The zero-order valence-electron chi connectivity index (χ0n) is 13.1. The van der Waals surface area contributed by atoms with Crippen LogP contribution in [0.1, 0.15) is 38.2 Å². The molecule has 1 N–H and O–H groups in total. The Kier molecular flexibility index (Phi) is 6.55. The van der Waals surface area contributed by atoms with Crippen LogP contribution in [0.5, 0.6) is 0 Å². The van der Waals surface area contributed by atoms with E-state index in [1.165, 1.54) is 44.3 Å². The topological polar surface area (TPSA) is 15.3 Å². The minimum Gasteiger partial charge on any atom is -0.314 e. The molecule has 0 saturated heterocycles. The molecule has 0 amide bonds. The molecule has 2 atom stereocenters. The monoisotopic (exact) mass is 274 g/mol. The highest BCUT2D eigenvalue weighted by Gasteiger charge is 2.25. The molecule has 0 aromatic heterocycles. The fraction of sp³-hybridized carbons (Fsp3) is 0.667. The smallest absolute Gasteiger partial charge is 0.0107 e. The van der Waals surface area contributed by atoms with Crippen LogP contribution < -0.4 is 5.32 Å². The highest BCUT2D eigenvalue weighted by molar-refractivity contribution is 5.14. The Morgan fingerprint density at radius 1 is 1.15 bits per heavy atom. The summed E-state index contributed by atoms with van der Waals surface area (Å²) in [6, 6.07) is 11.6. The van der Waals surface area contributed by atoms with E-state index in [9.17, 15) is 0 Å². The standard InChI is InChI=1S/C18H30N2/c1-3-19-18-12-8-7-11-17(18)15-20(2)14-13-16-9-5-4-6-10-16/h4-6,9-10,17-19H,3,7-8,11-15H2,1-2H3. The number of hydrogen-bond acceptors (Lipinski definition) is 2.